The zero-order valence-electron chi connectivity index (χ0n) is 22.9. The lowest BCUT2D eigenvalue weighted by Gasteiger charge is -2.33. The summed E-state index contributed by atoms with van der Waals surface area (Å²) in [6, 6.07) is 21.4. The highest BCUT2D eigenvalue weighted by atomic mass is 16.7. The van der Waals surface area contributed by atoms with E-state index in [-0.39, 0.29) is 5.91 Å². The number of hydrogen-bond donors (Lipinski definition) is 3. The van der Waals surface area contributed by atoms with Gasteiger partial charge in [-0.3, -0.25) is 4.79 Å². The van der Waals surface area contributed by atoms with Crippen molar-refractivity contribution in [2.24, 2.45) is 0 Å². The third-order valence-electron chi connectivity index (χ3n) is 6.26. The van der Waals surface area contributed by atoms with Crippen molar-refractivity contribution in [3.8, 4) is 11.5 Å². The van der Waals surface area contributed by atoms with Crippen LogP contribution >= 0.6 is 0 Å². The number of aliphatic hydroxyl groups excluding tert-OH is 1. The minimum absolute atomic E-state index is 0.0971. The molecule has 39 heavy (non-hydrogen) atoms. The topological polar surface area (TPSA) is 98.3 Å². The molecule has 1 heterocycles. The van der Waals surface area contributed by atoms with Gasteiger partial charge in [-0.25, -0.2) is 0 Å². The number of carbonyl (C=O) groups excluding carboxylic acids is 1. The molecule has 0 bridgehead atoms. The van der Waals surface area contributed by atoms with Crippen molar-refractivity contribution in [3.05, 3.63) is 89.0 Å². The predicted octanol–water partition coefficient (Wildman–Crippen LogP) is 4.75. The van der Waals surface area contributed by atoms with Crippen LogP contribution in [0.2, 0.25) is 0 Å². The number of nitrogens with one attached hydrogen (secondary N) is 2. The summed E-state index contributed by atoms with van der Waals surface area (Å²) < 4.78 is 23.0. The first-order valence-electron chi connectivity index (χ1n) is 13.3. The van der Waals surface area contributed by atoms with Gasteiger partial charge in [0, 0.05) is 38.6 Å². The van der Waals surface area contributed by atoms with Gasteiger partial charge in [0.15, 0.2) is 0 Å². The Balaban J connectivity index is 1.11. The van der Waals surface area contributed by atoms with Crippen LogP contribution in [0.1, 0.15) is 49.1 Å². The van der Waals surface area contributed by atoms with E-state index in [0.717, 1.165) is 46.8 Å². The third kappa shape index (κ3) is 9.07. The van der Waals surface area contributed by atoms with Gasteiger partial charge in [0.25, 0.3) is 0 Å². The summed E-state index contributed by atoms with van der Waals surface area (Å²) in [4.78, 5) is 11.2. The Bertz CT molecular complexity index is 1230. The summed E-state index contributed by atoms with van der Waals surface area (Å²) in [5.74, 6) is 0.876. The van der Waals surface area contributed by atoms with Gasteiger partial charge in [0.1, 0.15) is 18.1 Å². The van der Waals surface area contributed by atoms with Crippen LogP contribution in [-0.2, 0) is 33.9 Å². The number of fused-ring (bicyclic) bond motifs is 1. The van der Waals surface area contributed by atoms with Crippen molar-refractivity contribution >= 4 is 11.6 Å². The maximum absolute atomic E-state index is 11.2. The van der Waals surface area contributed by atoms with Crippen molar-refractivity contribution < 1.29 is 28.8 Å². The molecule has 3 aromatic carbocycles. The Kier molecular flexibility index (Phi) is 9.95. The van der Waals surface area contributed by atoms with Crippen LogP contribution in [-0.4, -0.2) is 43.1 Å². The molecule has 1 atom stereocenters. The Labute approximate surface area is 230 Å². The van der Waals surface area contributed by atoms with E-state index in [1.165, 1.54) is 12.5 Å². The van der Waals surface area contributed by atoms with Gasteiger partial charge in [0.2, 0.25) is 11.7 Å². The van der Waals surface area contributed by atoms with Gasteiger partial charge in [-0.2, -0.15) is 0 Å². The van der Waals surface area contributed by atoms with Crippen molar-refractivity contribution in [2.75, 3.05) is 31.6 Å². The van der Waals surface area contributed by atoms with E-state index >= 15 is 0 Å². The van der Waals surface area contributed by atoms with E-state index in [0.29, 0.717) is 33.0 Å². The van der Waals surface area contributed by atoms with Crippen LogP contribution in [0.4, 0.5) is 5.69 Å². The third-order valence-corrected chi connectivity index (χ3v) is 6.26. The first-order valence-corrected chi connectivity index (χ1v) is 13.3. The van der Waals surface area contributed by atoms with Crippen LogP contribution in [0.3, 0.4) is 0 Å². The van der Waals surface area contributed by atoms with Gasteiger partial charge in [-0.15, -0.1) is 0 Å². The van der Waals surface area contributed by atoms with Gasteiger partial charge in [0.05, 0.1) is 25.9 Å². The quantitative estimate of drug-likeness (QED) is 0.272. The Morgan fingerprint density at radius 2 is 1.87 bits per heavy atom. The molecule has 208 valence electrons. The molecule has 4 rings (SSSR count). The Morgan fingerprint density at radius 1 is 1.05 bits per heavy atom. The first-order chi connectivity index (χ1) is 18.8. The van der Waals surface area contributed by atoms with E-state index in [1.54, 1.807) is 0 Å². The second-order valence-corrected chi connectivity index (χ2v) is 10.1. The maximum Gasteiger partial charge on any atom is 0.221 e. The molecule has 0 saturated carbocycles. The minimum Gasteiger partial charge on any atom is -0.491 e. The maximum atomic E-state index is 11.2. The molecular formula is C31H38N2O6. The molecule has 1 aliphatic rings. The van der Waals surface area contributed by atoms with Crippen LogP contribution in [0.5, 0.6) is 11.5 Å². The molecule has 0 unspecified atom stereocenters. The highest BCUT2D eigenvalue weighted by Gasteiger charge is 2.27. The molecule has 0 saturated heterocycles. The van der Waals surface area contributed by atoms with E-state index in [1.807, 2.05) is 80.6 Å². The summed E-state index contributed by atoms with van der Waals surface area (Å²) in [5.41, 5.74) is 4.73. The Hall–Kier alpha value is -3.43. The standard InChI is InChI=1S/C31H38N2O6/c1-22(34)33-27-6-4-5-24(17-27)20-36-15-16-37-28-10-7-23(8-11-28)13-14-32-19-29(35)25-9-12-30-26(18-25)21-38-31(2,3)39-30/h4-12,17-18,29,32,35H,13-16,19-21H2,1-3H3,(H,33,34)/t29-/m0/s1. The van der Waals surface area contributed by atoms with Crippen molar-refractivity contribution in [1.82, 2.24) is 5.32 Å². The molecule has 8 nitrogen and oxygen atoms in total. The normalized spacial score (nSPS) is 14.7. The van der Waals surface area contributed by atoms with E-state index in [2.05, 4.69) is 10.6 Å². The minimum atomic E-state index is -0.627. The molecule has 0 aromatic heterocycles. The number of amides is 1. The van der Waals surface area contributed by atoms with Gasteiger partial charge < -0.3 is 34.7 Å². The van der Waals surface area contributed by atoms with E-state index in [9.17, 15) is 9.90 Å². The molecule has 0 spiro atoms. The van der Waals surface area contributed by atoms with Crippen LogP contribution < -0.4 is 20.1 Å². The molecule has 0 radical (unpaired) electrons. The Morgan fingerprint density at radius 3 is 2.67 bits per heavy atom. The lowest BCUT2D eigenvalue weighted by molar-refractivity contribution is -0.180. The highest BCUT2D eigenvalue weighted by molar-refractivity contribution is 5.88. The largest absolute Gasteiger partial charge is 0.491 e. The monoisotopic (exact) mass is 534 g/mol. The number of carbonyl (C=O) groups is 1. The zero-order chi connectivity index (χ0) is 27.7. The zero-order valence-corrected chi connectivity index (χ0v) is 22.9. The molecule has 8 heteroatoms. The number of hydrogen-bond acceptors (Lipinski definition) is 7. The number of ether oxygens (including phenoxy) is 4. The first kappa shape index (κ1) is 28.6. The van der Waals surface area contributed by atoms with Crippen LogP contribution in [0, 0.1) is 0 Å². The highest BCUT2D eigenvalue weighted by Crippen LogP contribution is 2.32. The number of benzene rings is 3. The van der Waals surface area contributed by atoms with Crippen LogP contribution in [0.15, 0.2) is 66.7 Å². The number of aliphatic hydroxyl groups is 1. The summed E-state index contributed by atoms with van der Waals surface area (Å²) in [6.45, 7) is 8.30. The second kappa shape index (κ2) is 13.6. The molecule has 0 fully saturated rings. The molecule has 0 aliphatic carbocycles. The molecular weight excluding hydrogens is 496 g/mol. The average Bonchev–Trinajstić information content (AvgIpc) is 2.90. The number of rotatable bonds is 13. The fraction of sp³-hybridized carbons (Fsp3) is 0.387. The van der Waals surface area contributed by atoms with Gasteiger partial charge in [-0.1, -0.05) is 30.3 Å². The second-order valence-electron chi connectivity index (χ2n) is 10.1. The lowest BCUT2D eigenvalue weighted by atomic mass is 10.0. The molecule has 1 aliphatic heterocycles. The molecule has 3 aromatic rings. The van der Waals surface area contributed by atoms with Gasteiger partial charge in [-0.05, 0) is 66.1 Å². The summed E-state index contributed by atoms with van der Waals surface area (Å²) in [7, 11) is 0. The smallest absolute Gasteiger partial charge is 0.221 e. The predicted molar refractivity (Wildman–Crippen MR) is 150 cm³/mol. The average molecular weight is 535 g/mol. The van der Waals surface area contributed by atoms with Crippen LogP contribution in [0.25, 0.3) is 0 Å². The summed E-state index contributed by atoms with van der Waals surface area (Å²) >= 11 is 0. The SMILES string of the molecule is CC(=O)Nc1cccc(COCCOc2ccc(CCNC[C@H](O)c3ccc4c(c3)COC(C)(C)O4)cc2)c1. The number of anilines is 1. The van der Waals surface area contributed by atoms with Crippen molar-refractivity contribution in [3.63, 3.8) is 0 Å². The van der Waals surface area contributed by atoms with E-state index < -0.39 is 11.9 Å². The summed E-state index contributed by atoms with van der Waals surface area (Å²) in [6.07, 6.45) is 0.235. The fourth-order valence-electron chi connectivity index (χ4n) is 4.26. The van der Waals surface area contributed by atoms with Crippen molar-refractivity contribution in [2.45, 2.75) is 52.3 Å². The van der Waals surface area contributed by atoms with E-state index in [4.69, 9.17) is 18.9 Å². The van der Waals surface area contributed by atoms with Crippen molar-refractivity contribution in [1.29, 1.82) is 0 Å². The summed E-state index contributed by atoms with van der Waals surface area (Å²) in [5, 5.41) is 16.7. The van der Waals surface area contributed by atoms with Gasteiger partial charge >= 0.3 is 0 Å². The fourth-order valence-corrected chi connectivity index (χ4v) is 4.26. The molecule has 1 amide bonds. The molecule has 3 N–H and O–H groups in total. The lowest BCUT2D eigenvalue weighted by Crippen LogP contribution is -2.35.